The topological polar surface area (TPSA) is 30.5 Å². The second kappa shape index (κ2) is 7.53. The van der Waals surface area contributed by atoms with Crippen molar-refractivity contribution in [1.82, 2.24) is 0 Å². The second-order valence-electron chi connectivity index (χ2n) is 4.67. The fourth-order valence-electron chi connectivity index (χ4n) is 1.96. The standard InChI is InChI=1S/C17H20FNO2/c1-3-10-21-16-9-8-13(11-17(16)20-2)12-19-15-7-5-4-6-14(15)18/h4-9,11,19H,3,10,12H2,1-2H3. The van der Waals surface area contributed by atoms with E-state index < -0.39 is 0 Å². The molecule has 0 saturated carbocycles. The molecule has 0 aliphatic heterocycles. The fourth-order valence-corrected chi connectivity index (χ4v) is 1.96. The molecule has 0 unspecified atom stereocenters. The lowest BCUT2D eigenvalue weighted by Gasteiger charge is -2.12. The third kappa shape index (κ3) is 4.12. The smallest absolute Gasteiger partial charge is 0.161 e. The van der Waals surface area contributed by atoms with Gasteiger partial charge < -0.3 is 14.8 Å². The van der Waals surface area contributed by atoms with Gasteiger partial charge in [0.1, 0.15) is 5.82 Å². The average Bonchev–Trinajstić information content (AvgIpc) is 2.52. The highest BCUT2D eigenvalue weighted by atomic mass is 19.1. The maximum absolute atomic E-state index is 13.5. The van der Waals surface area contributed by atoms with Gasteiger partial charge in [0.05, 0.1) is 19.4 Å². The molecule has 2 aromatic carbocycles. The zero-order valence-electron chi connectivity index (χ0n) is 12.4. The number of halogens is 1. The van der Waals surface area contributed by atoms with Crippen molar-refractivity contribution in [2.75, 3.05) is 19.0 Å². The van der Waals surface area contributed by atoms with Gasteiger partial charge in [0.15, 0.2) is 11.5 Å². The van der Waals surface area contributed by atoms with Crippen LogP contribution in [0.2, 0.25) is 0 Å². The summed E-state index contributed by atoms with van der Waals surface area (Å²) in [6, 6.07) is 12.3. The van der Waals surface area contributed by atoms with Crippen LogP contribution in [0.15, 0.2) is 42.5 Å². The molecule has 0 saturated heterocycles. The van der Waals surface area contributed by atoms with Crippen molar-refractivity contribution >= 4 is 5.69 Å². The third-order valence-electron chi connectivity index (χ3n) is 3.05. The molecule has 0 fully saturated rings. The first-order valence-corrected chi connectivity index (χ1v) is 7.02. The van der Waals surface area contributed by atoms with Crippen LogP contribution in [0.1, 0.15) is 18.9 Å². The van der Waals surface area contributed by atoms with E-state index in [1.807, 2.05) is 18.2 Å². The Kier molecular flexibility index (Phi) is 5.43. The fraction of sp³-hybridized carbons (Fsp3) is 0.294. The maximum atomic E-state index is 13.5. The van der Waals surface area contributed by atoms with Crippen molar-refractivity contribution in [3.05, 3.63) is 53.8 Å². The number of rotatable bonds is 7. The zero-order chi connectivity index (χ0) is 15.1. The van der Waals surface area contributed by atoms with E-state index in [-0.39, 0.29) is 5.82 Å². The Balaban J connectivity index is 2.05. The molecule has 4 heteroatoms. The summed E-state index contributed by atoms with van der Waals surface area (Å²) < 4.78 is 24.5. The van der Waals surface area contributed by atoms with Gasteiger partial charge in [-0.15, -0.1) is 0 Å². The van der Waals surface area contributed by atoms with Gasteiger partial charge in [-0.3, -0.25) is 0 Å². The first kappa shape index (κ1) is 15.2. The van der Waals surface area contributed by atoms with Crippen LogP contribution >= 0.6 is 0 Å². The first-order chi connectivity index (χ1) is 10.2. The van der Waals surface area contributed by atoms with E-state index in [0.29, 0.717) is 24.6 Å². The Morgan fingerprint density at radius 3 is 2.62 bits per heavy atom. The number of hydrogen-bond donors (Lipinski definition) is 1. The first-order valence-electron chi connectivity index (χ1n) is 7.02. The van der Waals surface area contributed by atoms with Crippen LogP contribution in [0.4, 0.5) is 10.1 Å². The van der Waals surface area contributed by atoms with Gasteiger partial charge in [0.2, 0.25) is 0 Å². The number of nitrogens with one attached hydrogen (secondary N) is 1. The zero-order valence-corrected chi connectivity index (χ0v) is 12.4. The molecule has 21 heavy (non-hydrogen) atoms. The Hall–Kier alpha value is -2.23. The summed E-state index contributed by atoms with van der Waals surface area (Å²) in [7, 11) is 1.61. The Labute approximate surface area is 124 Å². The van der Waals surface area contributed by atoms with Crippen molar-refractivity contribution < 1.29 is 13.9 Å². The van der Waals surface area contributed by atoms with E-state index in [1.165, 1.54) is 6.07 Å². The molecule has 0 spiro atoms. The van der Waals surface area contributed by atoms with Crippen LogP contribution in [0.25, 0.3) is 0 Å². The molecule has 3 nitrogen and oxygen atoms in total. The molecule has 0 radical (unpaired) electrons. The minimum atomic E-state index is -0.257. The monoisotopic (exact) mass is 289 g/mol. The molecule has 0 aliphatic carbocycles. The molecule has 112 valence electrons. The largest absolute Gasteiger partial charge is 0.493 e. The summed E-state index contributed by atoms with van der Waals surface area (Å²) in [6.45, 7) is 3.23. The Bertz CT molecular complexity index is 587. The van der Waals surface area contributed by atoms with Crippen molar-refractivity contribution in [2.24, 2.45) is 0 Å². The molecule has 2 rings (SSSR count). The summed E-state index contributed by atoms with van der Waals surface area (Å²) in [5, 5.41) is 3.07. The van der Waals surface area contributed by atoms with Crippen LogP contribution in [0.5, 0.6) is 11.5 Å². The number of methoxy groups -OCH3 is 1. The minimum absolute atomic E-state index is 0.257. The van der Waals surface area contributed by atoms with E-state index >= 15 is 0 Å². The van der Waals surface area contributed by atoms with Crippen LogP contribution < -0.4 is 14.8 Å². The Morgan fingerprint density at radius 1 is 1.10 bits per heavy atom. The summed E-state index contributed by atoms with van der Waals surface area (Å²) >= 11 is 0. The highest BCUT2D eigenvalue weighted by molar-refractivity contribution is 5.47. The molecule has 0 atom stereocenters. The van der Waals surface area contributed by atoms with Crippen molar-refractivity contribution in [1.29, 1.82) is 0 Å². The third-order valence-corrected chi connectivity index (χ3v) is 3.05. The molecule has 1 N–H and O–H groups in total. The lowest BCUT2D eigenvalue weighted by atomic mass is 10.2. The highest BCUT2D eigenvalue weighted by Crippen LogP contribution is 2.28. The number of anilines is 1. The predicted molar refractivity (Wildman–Crippen MR) is 82.5 cm³/mol. The van der Waals surface area contributed by atoms with Gasteiger partial charge in [0.25, 0.3) is 0 Å². The van der Waals surface area contributed by atoms with Crippen LogP contribution in [-0.2, 0) is 6.54 Å². The van der Waals surface area contributed by atoms with Gasteiger partial charge in [-0.1, -0.05) is 25.1 Å². The number of para-hydroxylation sites is 1. The normalized spacial score (nSPS) is 10.2. The number of ether oxygens (including phenoxy) is 2. The molecule has 0 aliphatic rings. The molecule has 0 amide bonds. The Morgan fingerprint density at radius 2 is 1.90 bits per heavy atom. The maximum Gasteiger partial charge on any atom is 0.161 e. The molecule has 0 heterocycles. The van der Waals surface area contributed by atoms with Gasteiger partial charge in [-0.25, -0.2) is 4.39 Å². The average molecular weight is 289 g/mol. The molecule has 2 aromatic rings. The molecular weight excluding hydrogens is 269 g/mol. The second-order valence-corrected chi connectivity index (χ2v) is 4.67. The van der Waals surface area contributed by atoms with Gasteiger partial charge in [-0.05, 0) is 36.2 Å². The highest BCUT2D eigenvalue weighted by Gasteiger charge is 2.06. The molecule has 0 bridgehead atoms. The summed E-state index contributed by atoms with van der Waals surface area (Å²) in [4.78, 5) is 0. The van der Waals surface area contributed by atoms with Gasteiger partial charge in [-0.2, -0.15) is 0 Å². The summed E-state index contributed by atoms with van der Waals surface area (Å²) in [5.41, 5.74) is 1.49. The predicted octanol–water partition coefficient (Wildman–Crippen LogP) is 4.24. The van der Waals surface area contributed by atoms with Gasteiger partial charge >= 0.3 is 0 Å². The molecule has 0 aromatic heterocycles. The van der Waals surface area contributed by atoms with E-state index in [0.717, 1.165) is 17.7 Å². The minimum Gasteiger partial charge on any atom is -0.493 e. The SMILES string of the molecule is CCCOc1ccc(CNc2ccccc2F)cc1OC. The van der Waals surface area contributed by atoms with Crippen LogP contribution in [0, 0.1) is 5.82 Å². The number of benzene rings is 2. The van der Waals surface area contributed by atoms with E-state index in [1.54, 1.807) is 25.3 Å². The lowest BCUT2D eigenvalue weighted by Crippen LogP contribution is -2.03. The quantitative estimate of drug-likeness (QED) is 0.827. The molecular formula is C17H20FNO2. The summed E-state index contributed by atoms with van der Waals surface area (Å²) in [5.74, 6) is 1.16. The number of hydrogen-bond acceptors (Lipinski definition) is 3. The lowest BCUT2D eigenvalue weighted by molar-refractivity contribution is 0.294. The van der Waals surface area contributed by atoms with Gasteiger partial charge in [0, 0.05) is 6.54 Å². The van der Waals surface area contributed by atoms with E-state index in [2.05, 4.69) is 12.2 Å². The van der Waals surface area contributed by atoms with Crippen molar-refractivity contribution in [3.8, 4) is 11.5 Å². The van der Waals surface area contributed by atoms with Crippen LogP contribution in [0.3, 0.4) is 0 Å². The van der Waals surface area contributed by atoms with Crippen molar-refractivity contribution in [3.63, 3.8) is 0 Å². The van der Waals surface area contributed by atoms with Crippen LogP contribution in [-0.4, -0.2) is 13.7 Å². The summed E-state index contributed by atoms with van der Waals surface area (Å²) in [6.07, 6.45) is 0.944. The van der Waals surface area contributed by atoms with Crippen molar-refractivity contribution in [2.45, 2.75) is 19.9 Å². The van der Waals surface area contributed by atoms with E-state index in [9.17, 15) is 4.39 Å². The van der Waals surface area contributed by atoms with E-state index in [4.69, 9.17) is 9.47 Å².